The fourth-order valence-corrected chi connectivity index (χ4v) is 3.03. The molecule has 0 heterocycles. The number of rotatable bonds is 8. The Labute approximate surface area is 112 Å². The standard InChI is InChI=1S/C14H18O3S/c15-13(16)8-14(6-7-14)10-18-11-17-9-12-4-2-1-3-5-12/h1-5H,6-11H2,(H,15,16). The van der Waals surface area contributed by atoms with Gasteiger partial charge in [-0.05, 0) is 23.8 Å². The van der Waals surface area contributed by atoms with Crippen molar-refractivity contribution in [3.8, 4) is 0 Å². The lowest BCUT2D eigenvalue weighted by atomic mass is 10.1. The Bertz CT molecular complexity index is 387. The van der Waals surface area contributed by atoms with Crippen molar-refractivity contribution in [1.29, 1.82) is 0 Å². The molecule has 0 saturated heterocycles. The lowest BCUT2D eigenvalue weighted by molar-refractivity contribution is -0.138. The Morgan fingerprint density at radius 2 is 2.06 bits per heavy atom. The molecular formula is C14H18O3S. The summed E-state index contributed by atoms with van der Waals surface area (Å²) in [5.74, 6) is 0.850. The van der Waals surface area contributed by atoms with Crippen LogP contribution in [0.15, 0.2) is 30.3 Å². The zero-order valence-corrected chi connectivity index (χ0v) is 11.1. The second-order valence-corrected chi connectivity index (χ2v) is 5.80. The fourth-order valence-electron chi connectivity index (χ4n) is 1.92. The largest absolute Gasteiger partial charge is 0.481 e. The summed E-state index contributed by atoms with van der Waals surface area (Å²) in [6.07, 6.45) is 2.40. The Balaban J connectivity index is 1.58. The van der Waals surface area contributed by atoms with E-state index in [0.717, 1.165) is 18.6 Å². The highest BCUT2D eigenvalue weighted by molar-refractivity contribution is 7.99. The highest BCUT2D eigenvalue weighted by Crippen LogP contribution is 2.50. The van der Waals surface area contributed by atoms with E-state index in [9.17, 15) is 4.79 Å². The van der Waals surface area contributed by atoms with Gasteiger partial charge in [-0.25, -0.2) is 0 Å². The molecule has 0 radical (unpaired) electrons. The number of hydrogen-bond acceptors (Lipinski definition) is 3. The second kappa shape index (κ2) is 6.25. The first-order valence-electron chi connectivity index (χ1n) is 6.11. The monoisotopic (exact) mass is 266 g/mol. The summed E-state index contributed by atoms with van der Waals surface area (Å²) in [5, 5.41) is 8.80. The van der Waals surface area contributed by atoms with Crippen LogP contribution in [0, 0.1) is 5.41 Å². The number of carbonyl (C=O) groups is 1. The number of thioether (sulfide) groups is 1. The molecule has 98 valence electrons. The van der Waals surface area contributed by atoms with Crippen LogP contribution in [0.5, 0.6) is 0 Å². The molecule has 0 aliphatic heterocycles. The molecule has 0 atom stereocenters. The zero-order valence-electron chi connectivity index (χ0n) is 10.3. The van der Waals surface area contributed by atoms with Gasteiger partial charge < -0.3 is 9.84 Å². The third-order valence-electron chi connectivity index (χ3n) is 3.17. The molecule has 1 aromatic rings. The van der Waals surface area contributed by atoms with Gasteiger partial charge >= 0.3 is 5.97 Å². The van der Waals surface area contributed by atoms with Gasteiger partial charge in [0.1, 0.15) is 0 Å². The molecule has 0 aromatic heterocycles. The summed E-state index contributed by atoms with van der Waals surface area (Å²) >= 11 is 1.70. The lowest BCUT2D eigenvalue weighted by Gasteiger charge is -2.11. The minimum Gasteiger partial charge on any atom is -0.481 e. The highest BCUT2D eigenvalue weighted by atomic mass is 32.2. The number of carboxylic acids is 1. The van der Waals surface area contributed by atoms with Crippen molar-refractivity contribution in [3.05, 3.63) is 35.9 Å². The van der Waals surface area contributed by atoms with Gasteiger partial charge in [0.15, 0.2) is 0 Å². The first kappa shape index (κ1) is 13.4. The zero-order chi connectivity index (χ0) is 12.8. The molecule has 0 spiro atoms. The molecule has 0 amide bonds. The fraction of sp³-hybridized carbons (Fsp3) is 0.500. The average Bonchev–Trinajstić information content (AvgIpc) is 3.09. The van der Waals surface area contributed by atoms with E-state index >= 15 is 0 Å². The molecular weight excluding hydrogens is 248 g/mol. The number of ether oxygens (including phenoxy) is 1. The molecule has 3 nitrogen and oxygen atoms in total. The second-order valence-electron chi connectivity index (χ2n) is 4.87. The van der Waals surface area contributed by atoms with E-state index in [1.165, 1.54) is 5.56 Å². The SMILES string of the molecule is O=C(O)CC1(CSCOCc2ccccc2)CC1. The van der Waals surface area contributed by atoms with E-state index in [2.05, 4.69) is 0 Å². The number of benzene rings is 1. The van der Waals surface area contributed by atoms with Crippen LogP contribution in [0.3, 0.4) is 0 Å². The van der Waals surface area contributed by atoms with Crippen molar-refractivity contribution in [2.75, 3.05) is 11.7 Å². The van der Waals surface area contributed by atoms with Crippen molar-refractivity contribution in [3.63, 3.8) is 0 Å². The summed E-state index contributed by atoms with van der Waals surface area (Å²) in [4.78, 5) is 10.7. The summed E-state index contributed by atoms with van der Waals surface area (Å²) in [6.45, 7) is 0.625. The molecule has 18 heavy (non-hydrogen) atoms. The van der Waals surface area contributed by atoms with Crippen LogP contribution in [0.4, 0.5) is 0 Å². The smallest absolute Gasteiger partial charge is 0.303 e. The van der Waals surface area contributed by atoms with Crippen molar-refractivity contribution >= 4 is 17.7 Å². The lowest BCUT2D eigenvalue weighted by Crippen LogP contribution is -2.11. The van der Waals surface area contributed by atoms with E-state index in [4.69, 9.17) is 9.84 Å². The Morgan fingerprint density at radius 3 is 2.67 bits per heavy atom. The third kappa shape index (κ3) is 4.35. The molecule has 1 fully saturated rings. The van der Waals surface area contributed by atoms with E-state index in [1.807, 2.05) is 30.3 Å². The highest BCUT2D eigenvalue weighted by Gasteiger charge is 2.44. The predicted octanol–water partition coefficient (Wildman–Crippen LogP) is 3.15. The normalized spacial score (nSPS) is 16.4. The minimum atomic E-state index is -0.682. The van der Waals surface area contributed by atoms with Gasteiger partial charge in [-0.3, -0.25) is 4.79 Å². The van der Waals surface area contributed by atoms with Gasteiger partial charge in [0, 0.05) is 5.75 Å². The van der Waals surface area contributed by atoms with Crippen LogP contribution in [0.2, 0.25) is 0 Å². The van der Waals surface area contributed by atoms with Crippen molar-refractivity contribution in [1.82, 2.24) is 0 Å². The van der Waals surface area contributed by atoms with E-state index in [0.29, 0.717) is 19.0 Å². The van der Waals surface area contributed by atoms with E-state index < -0.39 is 5.97 Å². The van der Waals surface area contributed by atoms with Crippen molar-refractivity contribution < 1.29 is 14.6 Å². The van der Waals surface area contributed by atoms with Crippen LogP contribution in [0.25, 0.3) is 0 Å². The molecule has 1 aromatic carbocycles. The first-order valence-corrected chi connectivity index (χ1v) is 7.27. The summed E-state index contributed by atoms with van der Waals surface area (Å²) < 4.78 is 5.56. The minimum absolute atomic E-state index is 0.0621. The maximum Gasteiger partial charge on any atom is 0.303 e. The van der Waals surface area contributed by atoms with Gasteiger partial charge in [-0.1, -0.05) is 30.3 Å². The molecule has 1 saturated carbocycles. The van der Waals surface area contributed by atoms with E-state index in [1.54, 1.807) is 11.8 Å². The maximum atomic E-state index is 10.7. The maximum absolute atomic E-state index is 10.7. The molecule has 0 bridgehead atoms. The molecule has 4 heteroatoms. The third-order valence-corrected chi connectivity index (χ3v) is 4.32. The molecule has 1 N–H and O–H groups in total. The Kier molecular flexibility index (Phi) is 4.66. The van der Waals surface area contributed by atoms with Gasteiger partial charge in [-0.2, -0.15) is 0 Å². The molecule has 2 rings (SSSR count). The molecule has 1 aliphatic carbocycles. The predicted molar refractivity (Wildman–Crippen MR) is 72.5 cm³/mol. The summed E-state index contributed by atoms with van der Waals surface area (Å²) in [6, 6.07) is 10.1. The summed E-state index contributed by atoms with van der Waals surface area (Å²) in [5.41, 5.74) is 1.23. The topological polar surface area (TPSA) is 46.5 Å². The van der Waals surface area contributed by atoms with Crippen molar-refractivity contribution in [2.45, 2.75) is 25.9 Å². The average molecular weight is 266 g/mol. The van der Waals surface area contributed by atoms with Gasteiger partial charge in [0.2, 0.25) is 0 Å². The summed E-state index contributed by atoms with van der Waals surface area (Å²) in [7, 11) is 0. The number of aliphatic carboxylic acids is 1. The number of hydrogen-bond donors (Lipinski definition) is 1. The van der Waals surface area contributed by atoms with Crippen LogP contribution in [0.1, 0.15) is 24.8 Å². The Hall–Kier alpha value is -1.00. The van der Waals surface area contributed by atoms with E-state index in [-0.39, 0.29) is 5.41 Å². The van der Waals surface area contributed by atoms with Crippen LogP contribution in [-0.2, 0) is 16.1 Å². The van der Waals surface area contributed by atoms with Crippen LogP contribution < -0.4 is 0 Å². The van der Waals surface area contributed by atoms with Gasteiger partial charge in [-0.15, -0.1) is 11.8 Å². The van der Waals surface area contributed by atoms with Crippen LogP contribution >= 0.6 is 11.8 Å². The van der Waals surface area contributed by atoms with Crippen molar-refractivity contribution in [2.24, 2.45) is 5.41 Å². The quantitative estimate of drug-likeness (QED) is 0.580. The molecule has 0 unspecified atom stereocenters. The van der Waals surface area contributed by atoms with Crippen LogP contribution in [-0.4, -0.2) is 22.8 Å². The Morgan fingerprint density at radius 1 is 1.33 bits per heavy atom. The van der Waals surface area contributed by atoms with Gasteiger partial charge in [0.25, 0.3) is 0 Å². The first-order chi connectivity index (χ1) is 8.70. The van der Waals surface area contributed by atoms with Gasteiger partial charge in [0.05, 0.1) is 19.0 Å². The molecule has 1 aliphatic rings. The number of carboxylic acid groups (broad SMARTS) is 1.